The molecule has 2 fully saturated rings. The smallest absolute Gasteiger partial charge is 0.262 e. The van der Waals surface area contributed by atoms with Crippen LogP contribution in [0.5, 0.6) is 5.75 Å². The van der Waals surface area contributed by atoms with Crippen LogP contribution in [0.2, 0.25) is 0 Å². The van der Waals surface area contributed by atoms with E-state index in [-0.39, 0.29) is 18.6 Å². The van der Waals surface area contributed by atoms with Crippen molar-refractivity contribution in [2.45, 2.75) is 25.3 Å². The van der Waals surface area contributed by atoms with Crippen molar-refractivity contribution in [1.82, 2.24) is 0 Å². The molecule has 1 amide bonds. The number of fused-ring (bicyclic) bond motifs is 2. The van der Waals surface area contributed by atoms with E-state index in [4.69, 9.17) is 10.5 Å². The predicted octanol–water partition coefficient (Wildman–Crippen LogP) is 2.06. The Labute approximate surface area is 112 Å². The molecule has 1 aliphatic heterocycles. The number of amides is 1. The average Bonchev–Trinajstić information content (AvgIpc) is 2.89. The summed E-state index contributed by atoms with van der Waals surface area (Å²) in [6, 6.07) is 6.03. The molecule has 19 heavy (non-hydrogen) atoms. The van der Waals surface area contributed by atoms with Gasteiger partial charge < -0.3 is 15.8 Å². The number of hydrogen-bond donors (Lipinski definition) is 2. The molecular formula is C15H18N2O2. The maximum Gasteiger partial charge on any atom is 0.262 e. The Balaban J connectivity index is 1.58. The quantitative estimate of drug-likeness (QED) is 0.853. The first-order valence-corrected chi connectivity index (χ1v) is 7.06. The molecule has 1 aromatic rings. The fourth-order valence-corrected chi connectivity index (χ4v) is 3.94. The van der Waals surface area contributed by atoms with Crippen molar-refractivity contribution in [3.63, 3.8) is 0 Å². The summed E-state index contributed by atoms with van der Waals surface area (Å²) in [7, 11) is 0. The fourth-order valence-electron chi connectivity index (χ4n) is 3.94. The molecule has 3 unspecified atom stereocenters. The molecule has 1 heterocycles. The molecule has 0 bridgehead atoms. The number of nitrogens with two attached hydrogens (primary N) is 1. The maximum absolute atomic E-state index is 11.3. The van der Waals surface area contributed by atoms with Gasteiger partial charge in [0.15, 0.2) is 6.61 Å². The van der Waals surface area contributed by atoms with Crippen LogP contribution >= 0.6 is 0 Å². The van der Waals surface area contributed by atoms with Gasteiger partial charge in [0.25, 0.3) is 5.91 Å². The Bertz CT molecular complexity index is 533. The van der Waals surface area contributed by atoms with Gasteiger partial charge in [0.2, 0.25) is 0 Å². The lowest BCUT2D eigenvalue weighted by molar-refractivity contribution is -0.118. The zero-order chi connectivity index (χ0) is 13.0. The van der Waals surface area contributed by atoms with Crippen LogP contribution in [0.15, 0.2) is 18.2 Å². The Morgan fingerprint density at radius 3 is 2.89 bits per heavy atom. The number of anilines is 1. The van der Waals surface area contributed by atoms with E-state index in [9.17, 15) is 4.79 Å². The van der Waals surface area contributed by atoms with Crippen LogP contribution in [-0.2, 0) is 4.79 Å². The summed E-state index contributed by atoms with van der Waals surface area (Å²) in [5.74, 6) is 2.98. The molecule has 4 heteroatoms. The molecule has 4 nitrogen and oxygen atoms in total. The molecule has 0 spiro atoms. The molecule has 3 atom stereocenters. The second kappa shape index (κ2) is 3.97. The summed E-state index contributed by atoms with van der Waals surface area (Å²) < 4.78 is 5.37. The minimum absolute atomic E-state index is 0.0958. The summed E-state index contributed by atoms with van der Waals surface area (Å²) in [5, 5.41) is 2.85. The van der Waals surface area contributed by atoms with E-state index in [1.165, 1.54) is 19.3 Å². The Hall–Kier alpha value is -1.55. The van der Waals surface area contributed by atoms with Gasteiger partial charge >= 0.3 is 0 Å². The number of benzene rings is 1. The number of rotatable bonds is 2. The van der Waals surface area contributed by atoms with Gasteiger partial charge in [0.05, 0.1) is 5.69 Å². The third-order valence-corrected chi connectivity index (χ3v) is 4.91. The van der Waals surface area contributed by atoms with E-state index in [0.29, 0.717) is 5.92 Å². The summed E-state index contributed by atoms with van der Waals surface area (Å²) in [4.78, 5) is 11.3. The van der Waals surface area contributed by atoms with E-state index in [2.05, 4.69) is 5.32 Å². The van der Waals surface area contributed by atoms with Gasteiger partial charge in [-0.2, -0.15) is 0 Å². The first-order chi connectivity index (χ1) is 9.24. The molecule has 0 saturated heterocycles. The lowest BCUT2D eigenvalue weighted by Crippen LogP contribution is -2.26. The SMILES string of the molecule is NC(c1ccc2c(c1)NC(=O)CO2)C1C2CCCC21. The Morgan fingerprint density at radius 2 is 2.11 bits per heavy atom. The fraction of sp³-hybridized carbons (Fsp3) is 0.533. The molecule has 0 aromatic heterocycles. The van der Waals surface area contributed by atoms with Gasteiger partial charge in [0.1, 0.15) is 5.75 Å². The number of carbonyl (C=O) groups is 1. The summed E-state index contributed by atoms with van der Waals surface area (Å²) >= 11 is 0. The van der Waals surface area contributed by atoms with Gasteiger partial charge in [0, 0.05) is 6.04 Å². The molecular weight excluding hydrogens is 240 g/mol. The van der Waals surface area contributed by atoms with E-state index >= 15 is 0 Å². The highest BCUT2D eigenvalue weighted by molar-refractivity contribution is 5.95. The second-order valence-electron chi connectivity index (χ2n) is 5.95. The lowest BCUT2D eigenvalue weighted by Gasteiger charge is -2.21. The van der Waals surface area contributed by atoms with Crippen LogP contribution < -0.4 is 15.8 Å². The van der Waals surface area contributed by atoms with Crippen molar-refractivity contribution in [1.29, 1.82) is 0 Å². The monoisotopic (exact) mass is 258 g/mol. The minimum Gasteiger partial charge on any atom is -0.482 e. The van der Waals surface area contributed by atoms with Crippen molar-refractivity contribution in [2.24, 2.45) is 23.5 Å². The number of carbonyl (C=O) groups excluding carboxylic acids is 1. The van der Waals surface area contributed by atoms with Crippen molar-refractivity contribution in [3.8, 4) is 5.75 Å². The Morgan fingerprint density at radius 1 is 1.32 bits per heavy atom. The van der Waals surface area contributed by atoms with Crippen molar-refractivity contribution < 1.29 is 9.53 Å². The molecule has 2 saturated carbocycles. The molecule has 3 aliphatic rings. The van der Waals surface area contributed by atoms with Crippen LogP contribution in [0, 0.1) is 17.8 Å². The first-order valence-electron chi connectivity index (χ1n) is 7.06. The Kier molecular flexibility index (Phi) is 2.36. The van der Waals surface area contributed by atoms with E-state index < -0.39 is 0 Å². The second-order valence-corrected chi connectivity index (χ2v) is 5.95. The van der Waals surface area contributed by atoms with Gasteiger partial charge in [-0.1, -0.05) is 12.5 Å². The van der Waals surface area contributed by atoms with E-state index in [0.717, 1.165) is 28.8 Å². The number of nitrogens with one attached hydrogen (secondary N) is 1. The van der Waals surface area contributed by atoms with Crippen molar-refractivity contribution in [2.75, 3.05) is 11.9 Å². The number of hydrogen-bond acceptors (Lipinski definition) is 3. The van der Waals surface area contributed by atoms with Gasteiger partial charge in [-0.3, -0.25) is 4.79 Å². The zero-order valence-corrected chi connectivity index (χ0v) is 10.8. The van der Waals surface area contributed by atoms with Gasteiger partial charge in [-0.25, -0.2) is 0 Å². The van der Waals surface area contributed by atoms with E-state index in [1.807, 2.05) is 18.2 Å². The normalized spacial score (nSPS) is 32.9. The summed E-state index contributed by atoms with van der Waals surface area (Å²) in [5.41, 5.74) is 8.28. The highest BCUT2D eigenvalue weighted by Crippen LogP contribution is 2.61. The van der Waals surface area contributed by atoms with Crippen LogP contribution in [0.25, 0.3) is 0 Å². The van der Waals surface area contributed by atoms with Crippen LogP contribution in [0.4, 0.5) is 5.69 Å². The average molecular weight is 258 g/mol. The lowest BCUT2D eigenvalue weighted by atomic mass is 9.97. The van der Waals surface area contributed by atoms with Crippen molar-refractivity contribution in [3.05, 3.63) is 23.8 Å². The molecule has 0 radical (unpaired) electrons. The molecule has 4 rings (SSSR count). The predicted molar refractivity (Wildman–Crippen MR) is 71.8 cm³/mol. The zero-order valence-electron chi connectivity index (χ0n) is 10.8. The number of ether oxygens (including phenoxy) is 1. The minimum atomic E-state index is -0.0958. The maximum atomic E-state index is 11.3. The molecule has 3 N–H and O–H groups in total. The summed E-state index contributed by atoms with van der Waals surface area (Å²) in [6.07, 6.45) is 4.05. The van der Waals surface area contributed by atoms with Crippen LogP contribution in [-0.4, -0.2) is 12.5 Å². The first kappa shape index (κ1) is 11.3. The van der Waals surface area contributed by atoms with Crippen molar-refractivity contribution >= 4 is 11.6 Å². The molecule has 1 aromatic carbocycles. The van der Waals surface area contributed by atoms with E-state index in [1.54, 1.807) is 0 Å². The van der Waals surface area contributed by atoms with Gasteiger partial charge in [-0.05, 0) is 48.3 Å². The highest BCUT2D eigenvalue weighted by Gasteiger charge is 2.55. The van der Waals surface area contributed by atoms with Gasteiger partial charge in [-0.15, -0.1) is 0 Å². The molecule has 100 valence electrons. The highest BCUT2D eigenvalue weighted by atomic mass is 16.5. The third kappa shape index (κ3) is 1.74. The standard InChI is InChI=1S/C15H18N2O2/c16-15(14-9-2-1-3-10(9)14)8-4-5-12-11(6-8)17-13(18)7-19-12/h4-6,9-10,14-15H,1-3,7,16H2,(H,17,18). The third-order valence-electron chi connectivity index (χ3n) is 4.91. The van der Waals surface area contributed by atoms with Crippen LogP contribution in [0.3, 0.4) is 0 Å². The van der Waals surface area contributed by atoms with Crippen LogP contribution in [0.1, 0.15) is 30.9 Å². The molecule has 2 aliphatic carbocycles. The largest absolute Gasteiger partial charge is 0.482 e. The topological polar surface area (TPSA) is 64.3 Å². The summed E-state index contributed by atoms with van der Waals surface area (Å²) in [6.45, 7) is 0.102.